The minimum absolute atomic E-state index is 0.320. The summed E-state index contributed by atoms with van der Waals surface area (Å²) in [4.78, 5) is 12.9. The first-order valence-corrected chi connectivity index (χ1v) is 6.95. The first kappa shape index (κ1) is 14.2. The highest BCUT2D eigenvalue weighted by atomic mass is 32.1. The number of hydrogen-bond acceptors (Lipinski definition) is 6. The third-order valence-corrected chi connectivity index (χ3v) is 4.27. The van der Waals surface area contributed by atoms with Gasteiger partial charge in [-0.15, -0.1) is 11.3 Å². The van der Waals surface area contributed by atoms with Gasteiger partial charge in [0, 0.05) is 25.6 Å². The first-order chi connectivity index (χ1) is 9.04. The predicted molar refractivity (Wildman–Crippen MR) is 78.0 cm³/mol. The minimum atomic E-state index is -0.528. The van der Waals surface area contributed by atoms with Crippen LogP contribution in [0.25, 0.3) is 10.2 Å². The van der Waals surface area contributed by atoms with Crippen molar-refractivity contribution >= 4 is 27.4 Å². The summed E-state index contributed by atoms with van der Waals surface area (Å²) < 4.78 is 4.95. The number of aromatic nitrogens is 2. The Balaban J connectivity index is 2.34. The van der Waals surface area contributed by atoms with E-state index in [2.05, 4.69) is 23.8 Å². The van der Waals surface area contributed by atoms with E-state index in [4.69, 9.17) is 4.74 Å². The van der Waals surface area contributed by atoms with Gasteiger partial charge < -0.3 is 14.7 Å². The molecule has 0 amide bonds. The molecule has 5 nitrogen and oxygen atoms in total. The van der Waals surface area contributed by atoms with Crippen LogP contribution in [0.2, 0.25) is 0 Å². The Hall–Kier alpha value is -1.24. The van der Waals surface area contributed by atoms with Crippen LogP contribution in [0.4, 0.5) is 5.82 Å². The van der Waals surface area contributed by atoms with Crippen molar-refractivity contribution in [2.75, 3.05) is 32.2 Å². The van der Waals surface area contributed by atoms with Gasteiger partial charge in [-0.25, -0.2) is 9.97 Å². The first-order valence-electron chi connectivity index (χ1n) is 6.13. The second-order valence-corrected chi connectivity index (χ2v) is 5.85. The monoisotopic (exact) mass is 281 g/mol. The highest BCUT2D eigenvalue weighted by molar-refractivity contribution is 7.18. The summed E-state index contributed by atoms with van der Waals surface area (Å²) >= 11 is 1.67. The number of rotatable bonds is 5. The van der Waals surface area contributed by atoms with Gasteiger partial charge in [-0.05, 0) is 19.4 Å². The van der Waals surface area contributed by atoms with E-state index in [1.807, 2.05) is 11.9 Å². The van der Waals surface area contributed by atoms with E-state index < -0.39 is 6.10 Å². The average molecular weight is 281 g/mol. The number of methoxy groups -OCH3 is 1. The number of thiophene rings is 1. The molecule has 19 heavy (non-hydrogen) atoms. The third-order valence-electron chi connectivity index (χ3n) is 3.15. The molecular weight excluding hydrogens is 262 g/mol. The number of nitrogens with zero attached hydrogens (tertiary/aromatic N) is 3. The van der Waals surface area contributed by atoms with Crippen LogP contribution in [0.1, 0.15) is 10.4 Å². The molecule has 2 rings (SSSR count). The second-order valence-electron chi connectivity index (χ2n) is 4.65. The molecule has 0 saturated carbocycles. The summed E-state index contributed by atoms with van der Waals surface area (Å²) in [6, 6.07) is 0. The van der Waals surface area contributed by atoms with Crippen molar-refractivity contribution in [2.45, 2.75) is 20.0 Å². The zero-order chi connectivity index (χ0) is 14.0. The Morgan fingerprint density at radius 3 is 2.84 bits per heavy atom. The van der Waals surface area contributed by atoms with Gasteiger partial charge in [0.05, 0.1) is 18.1 Å². The second kappa shape index (κ2) is 5.81. The fraction of sp³-hybridized carbons (Fsp3) is 0.538. The summed E-state index contributed by atoms with van der Waals surface area (Å²) in [5.41, 5.74) is 1.21. The van der Waals surface area contributed by atoms with Gasteiger partial charge in [0.15, 0.2) is 0 Å². The smallest absolute Gasteiger partial charge is 0.140 e. The SMILES string of the molecule is COC[C@@H](O)CN(C)c1ncnc2sc(C)c(C)c12. The van der Waals surface area contributed by atoms with Crippen molar-refractivity contribution < 1.29 is 9.84 Å². The Kier molecular flexibility index (Phi) is 4.34. The van der Waals surface area contributed by atoms with E-state index >= 15 is 0 Å². The molecule has 0 spiro atoms. The lowest BCUT2D eigenvalue weighted by Crippen LogP contribution is -2.32. The highest BCUT2D eigenvalue weighted by Crippen LogP contribution is 2.33. The van der Waals surface area contributed by atoms with E-state index in [1.54, 1.807) is 24.8 Å². The van der Waals surface area contributed by atoms with Gasteiger partial charge in [-0.2, -0.15) is 0 Å². The fourth-order valence-corrected chi connectivity index (χ4v) is 3.09. The number of aliphatic hydroxyl groups excluding tert-OH is 1. The third kappa shape index (κ3) is 2.86. The lowest BCUT2D eigenvalue weighted by Gasteiger charge is -2.22. The molecule has 0 aromatic carbocycles. The van der Waals surface area contributed by atoms with Gasteiger partial charge in [0.2, 0.25) is 0 Å². The van der Waals surface area contributed by atoms with E-state index in [-0.39, 0.29) is 0 Å². The summed E-state index contributed by atoms with van der Waals surface area (Å²) in [5.74, 6) is 0.863. The normalized spacial score (nSPS) is 12.9. The number of aryl methyl sites for hydroxylation is 2. The van der Waals surface area contributed by atoms with Crippen molar-refractivity contribution in [1.82, 2.24) is 9.97 Å². The molecule has 0 radical (unpaired) electrons. The molecule has 0 fully saturated rings. The van der Waals surface area contributed by atoms with Gasteiger partial charge in [-0.3, -0.25) is 0 Å². The Bertz CT molecular complexity index is 570. The van der Waals surface area contributed by atoms with Gasteiger partial charge in [-0.1, -0.05) is 0 Å². The lowest BCUT2D eigenvalue weighted by molar-refractivity contribution is 0.0694. The van der Waals surface area contributed by atoms with Gasteiger partial charge in [0.1, 0.15) is 17.0 Å². The number of aliphatic hydroxyl groups is 1. The maximum atomic E-state index is 9.82. The van der Waals surface area contributed by atoms with Crippen LogP contribution in [0.15, 0.2) is 6.33 Å². The van der Waals surface area contributed by atoms with Gasteiger partial charge >= 0.3 is 0 Å². The lowest BCUT2D eigenvalue weighted by atomic mass is 10.2. The Morgan fingerprint density at radius 2 is 2.16 bits per heavy atom. The van der Waals surface area contributed by atoms with Crippen LogP contribution in [-0.4, -0.2) is 48.5 Å². The number of ether oxygens (including phenoxy) is 1. The quantitative estimate of drug-likeness (QED) is 0.905. The van der Waals surface area contributed by atoms with E-state index in [0.717, 1.165) is 16.0 Å². The van der Waals surface area contributed by atoms with Gasteiger partial charge in [0.25, 0.3) is 0 Å². The standard InChI is InChI=1S/C13H19N3O2S/c1-8-9(2)19-13-11(8)12(14-7-15-13)16(3)5-10(17)6-18-4/h7,10,17H,5-6H2,1-4H3/t10-/m0/s1. The van der Waals surface area contributed by atoms with Crippen molar-refractivity contribution in [2.24, 2.45) is 0 Å². The van der Waals surface area contributed by atoms with E-state index in [0.29, 0.717) is 13.2 Å². The Labute approximate surface area is 116 Å². The minimum Gasteiger partial charge on any atom is -0.389 e. The van der Waals surface area contributed by atoms with Crippen LogP contribution in [0, 0.1) is 13.8 Å². The zero-order valence-electron chi connectivity index (χ0n) is 11.7. The number of anilines is 1. The molecule has 104 valence electrons. The topological polar surface area (TPSA) is 58.5 Å². The highest BCUT2D eigenvalue weighted by Gasteiger charge is 2.16. The molecule has 2 heterocycles. The summed E-state index contributed by atoms with van der Waals surface area (Å²) in [6.07, 6.45) is 1.05. The molecule has 1 atom stereocenters. The van der Waals surface area contributed by atoms with Crippen molar-refractivity contribution in [3.8, 4) is 0 Å². The average Bonchev–Trinajstić information content (AvgIpc) is 2.65. The van der Waals surface area contributed by atoms with Crippen LogP contribution in [0.5, 0.6) is 0 Å². The predicted octanol–water partition coefficient (Wildman–Crippen LogP) is 1.75. The molecule has 0 unspecified atom stereocenters. The molecule has 6 heteroatoms. The summed E-state index contributed by atoms with van der Waals surface area (Å²) in [6.45, 7) is 4.97. The maximum Gasteiger partial charge on any atom is 0.140 e. The number of fused-ring (bicyclic) bond motifs is 1. The van der Waals surface area contributed by atoms with Crippen LogP contribution < -0.4 is 4.90 Å². The van der Waals surface area contributed by atoms with E-state index in [9.17, 15) is 5.11 Å². The van der Waals surface area contributed by atoms with E-state index in [1.165, 1.54) is 10.4 Å². The molecule has 0 aliphatic heterocycles. The molecule has 0 aliphatic carbocycles. The van der Waals surface area contributed by atoms with Crippen molar-refractivity contribution in [3.05, 3.63) is 16.8 Å². The molecule has 2 aromatic rings. The molecule has 0 saturated heterocycles. The van der Waals surface area contributed by atoms with Crippen molar-refractivity contribution in [3.63, 3.8) is 0 Å². The molecule has 2 aromatic heterocycles. The molecular formula is C13H19N3O2S. The molecule has 0 aliphatic rings. The fourth-order valence-electron chi connectivity index (χ4n) is 2.10. The number of likely N-dealkylation sites (N-methyl/N-ethyl adjacent to an activating group) is 1. The maximum absolute atomic E-state index is 9.82. The molecule has 1 N–H and O–H groups in total. The van der Waals surface area contributed by atoms with Crippen LogP contribution in [-0.2, 0) is 4.74 Å². The number of hydrogen-bond donors (Lipinski definition) is 1. The Morgan fingerprint density at radius 1 is 1.42 bits per heavy atom. The summed E-state index contributed by atoms with van der Waals surface area (Å²) in [7, 11) is 3.51. The van der Waals surface area contributed by atoms with Crippen LogP contribution in [0.3, 0.4) is 0 Å². The zero-order valence-corrected chi connectivity index (χ0v) is 12.5. The summed E-state index contributed by atoms with van der Waals surface area (Å²) in [5, 5.41) is 10.9. The molecule has 0 bridgehead atoms. The van der Waals surface area contributed by atoms with Crippen LogP contribution >= 0.6 is 11.3 Å². The largest absolute Gasteiger partial charge is 0.389 e. The van der Waals surface area contributed by atoms with Crippen molar-refractivity contribution in [1.29, 1.82) is 0 Å².